The maximum atomic E-state index is 12.9. The normalized spacial score (nSPS) is 21.3. The summed E-state index contributed by atoms with van der Waals surface area (Å²) >= 11 is 0. The lowest BCUT2D eigenvalue weighted by molar-refractivity contribution is -0.135. The molecular weight excluding hydrogens is 334 g/mol. The smallest absolute Gasteiger partial charge is 0.329 e. The van der Waals surface area contributed by atoms with Crippen molar-refractivity contribution in [2.24, 2.45) is 7.05 Å². The third-order valence-corrected chi connectivity index (χ3v) is 5.45. The lowest BCUT2D eigenvalue weighted by atomic mass is 10.1. The van der Waals surface area contributed by atoms with Crippen LogP contribution >= 0.6 is 0 Å². The summed E-state index contributed by atoms with van der Waals surface area (Å²) in [5, 5.41) is 5.69. The number of nitrogens with one attached hydrogen (secondary N) is 2. The number of carbonyl (C=O) groups is 2. The summed E-state index contributed by atoms with van der Waals surface area (Å²) in [5.41, 5.74) is 3.51. The first-order chi connectivity index (χ1) is 12.5. The Bertz CT molecular complexity index is 952. The van der Waals surface area contributed by atoms with E-state index in [1.54, 1.807) is 11.6 Å². The molecule has 2 fully saturated rings. The molecule has 2 aliphatic rings. The van der Waals surface area contributed by atoms with Gasteiger partial charge in [-0.15, -0.1) is 0 Å². The molecule has 2 N–H and O–H groups in total. The van der Waals surface area contributed by atoms with Crippen LogP contribution in [-0.2, 0) is 16.6 Å². The van der Waals surface area contributed by atoms with Crippen LogP contribution in [0.2, 0.25) is 0 Å². The van der Waals surface area contributed by atoms with Crippen molar-refractivity contribution in [3.8, 4) is 0 Å². The third-order valence-electron chi connectivity index (χ3n) is 5.45. The average Bonchev–Trinajstić information content (AvgIpc) is 2.88. The monoisotopic (exact) mass is 357 g/mol. The third kappa shape index (κ3) is 2.52. The maximum absolute atomic E-state index is 12.9. The molecule has 0 spiro atoms. The predicted molar refractivity (Wildman–Crippen MR) is 98.4 cm³/mol. The number of benzene rings is 1. The first-order valence-corrected chi connectivity index (χ1v) is 8.99. The molecule has 1 aromatic heterocycles. The average molecular weight is 357 g/mol. The van der Waals surface area contributed by atoms with Crippen molar-refractivity contribution in [2.75, 3.05) is 31.1 Å². The van der Waals surface area contributed by atoms with Crippen LogP contribution in [0.5, 0.6) is 0 Å². The number of imide groups is 1. The van der Waals surface area contributed by atoms with Crippen LogP contribution in [0.4, 0.5) is 5.69 Å². The molecule has 8 nitrogen and oxygen atoms in total. The molecule has 0 aliphatic carbocycles. The molecule has 0 bridgehead atoms. The van der Waals surface area contributed by atoms with Gasteiger partial charge in [0.2, 0.25) is 11.8 Å². The van der Waals surface area contributed by atoms with Crippen LogP contribution in [0.15, 0.2) is 16.9 Å². The minimum absolute atomic E-state index is 0.227. The summed E-state index contributed by atoms with van der Waals surface area (Å²) in [6.07, 6.45) is 0.597. The van der Waals surface area contributed by atoms with Gasteiger partial charge < -0.3 is 10.2 Å². The van der Waals surface area contributed by atoms with Crippen molar-refractivity contribution >= 4 is 28.5 Å². The summed E-state index contributed by atoms with van der Waals surface area (Å²) < 4.78 is 3.14. The number of imidazole rings is 1. The van der Waals surface area contributed by atoms with Crippen LogP contribution in [-0.4, -0.2) is 47.1 Å². The summed E-state index contributed by atoms with van der Waals surface area (Å²) in [5.74, 6) is -0.684. The number of rotatable bonds is 2. The van der Waals surface area contributed by atoms with E-state index < -0.39 is 11.9 Å². The Balaban J connectivity index is 1.85. The van der Waals surface area contributed by atoms with E-state index in [1.165, 1.54) is 4.57 Å². The molecular formula is C18H23N5O3. The number of fused-ring (bicyclic) bond motifs is 1. The van der Waals surface area contributed by atoms with Gasteiger partial charge in [-0.3, -0.25) is 24.0 Å². The zero-order valence-corrected chi connectivity index (χ0v) is 15.0. The molecule has 2 aliphatic heterocycles. The lowest BCUT2D eigenvalue weighted by Gasteiger charge is -2.31. The largest absolute Gasteiger partial charge is 0.369 e. The SMILES string of the molecule is Cc1c(N2CCNCC2)ccc2c1n(C)c(=O)n2C1CCC(=O)NC1=O. The number of amides is 2. The molecule has 2 aromatic rings. The Labute approximate surface area is 150 Å². The number of nitrogens with zero attached hydrogens (tertiary/aromatic N) is 3. The van der Waals surface area contributed by atoms with Crippen molar-refractivity contribution in [2.45, 2.75) is 25.8 Å². The van der Waals surface area contributed by atoms with Gasteiger partial charge in [-0.05, 0) is 31.0 Å². The molecule has 3 heterocycles. The van der Waals surface area contributed by atoms with Gasteiger partial charge in [0, 0.05) is 45.3 Å². The molecule has 1 aromatic carbocycles. The first-order valence-electron chi connectivity index (χ1n) is 8.99. The maximum Gasteiger partial charge on any atom is 0.329 e. The number of aryl methyl sites for hydroxylation is 2. The number of hydrogen-bond donors (Lipinski definition) is 2. The number of anilines is 1. The van der Waals surface area contributed by atoms with Gasteiger partial charge in [0.1, 0.15) is 6.04 Å². The van der Waals surface area contributed by atoms with Gasteiger partial charge >= 0.3 is 5.69 Å². The molecule has 0 radical (unpaired) electrons. The summed E-state index contributed by atoms with van der Waals surface area (Å²) in [6.45, 7) is 5.75. The van der Waals surface area contributed by atoms with Crippen LogP contribution < -0.4 is 21.2 Å². The highest BCUT2D eigenvalue weighted by atomic mass is 16.2. The van der Waals surface area contributed by atoms with Crippen LogP contribution in [0, 0.1) is 6.92 Å². The van der Waals surface area contributed by atoms with Crippen molar-refractivity contribution in [3.63, 3.8) is 0 Å². The van der Waals surface area contributed by atoms with E-state index in [-0.39, 0.29) is 18.0 Å². The Morgan fingerprint density at radius 3 is 2.54 bits per heavy atom. The topological polar surface area (TPSA) is 88.4 Å². The van der Waals surface area contributed by atoms with Gasteiger partial charge in [0.05, 0.1) is 11.0 Å². The number of aromatic nitrogens is 2. The Morgan fingerprint density at radius 1 is 1.12 bits per heavy atom. The second-order valence-electron chi connectivity index (χ2n) is 6.99. The summed E-state index contributed by atoms with van der Waals surface area (Å²) in [4.78, 5) is 38.9. The molecule has 4 rings (SSSR count). The van der Waals surface area contributed by atoms with E-state index in [0.717, 1.165) is 48.5 Å². The highest BCUT2D eigenvalue weighted by molar-refractivity contribution is 6.00. The quantitative estimate of drug-likeness (QED) is 0.741. The minimum Gasteiger partial charge on any atom is -0.369 e. The molecule has 0 saturated carbocycles. The van der Waals surface area contributed by atoms with Crippen molar-refractivity contribution in [3.05, 3.63) is 28.2 Å². The second-order valence-corrected chi connectivity index (χ2v) is 6.99. The van der Waals surface area contributed by atoms with E-state index >= 15 is 0 Å². The summed E-state index contributed by atoms with van der Waals surface area (Å²) in [7, 11) is 1.74. The molecule has 8 heteroatoms. The highest BCUT2D eigenvalue weighted by Gasteiger charge is 2.31. The van der Waals surface area contributed by atoms with E-state index in [0.29, 0.717) is 6.42 Å². The number of hydrogen-bond acceptors (Lipinski definition) is 5. The number of carbonyl (C=O) groups excluding carboxylic acids is 2. The highest BCUT2D eigenvalue weighted by Crippen LogP contribution is 2.30. The molecule has 2 saturated heterocycles. The minimum atomic E-state index is -0.645. The first kappa shape index (κ1) is 16.8. The molecule has 1 unspecified atom stereocenters. The lowest BCUT2D eigenvalue weighted by Crippen LogP contribution is -2.44. The zero-order valence-electron chi connectivity index (χ0n) is 15.0. The standard InChI is InChI=1S/C18H23N5O3/c1-11-12(22-9-7-19-8-10-22)3-4-13-16(11)21(2)18(26)23(13)14-5-6-15(24)20-17(14)25/h3-4,14,19H,5-10H2,1-2H3,(H,20,24,25). The molecule has 1 atom stereocenters. The summed E-state index contributed by atoms with van der Waals surface area (Å²) in [6, 6.07) is 3.31. The van der Waals surface area contributed by atoms with Gasteiger partial charge in [-0.2, -0.15) is 0 Å². The Kier molecular flexibility index (Phi) is 4.07. The Hall–Kier alpha value is -2.61. The van der Waals surface area contributed by atoms with Gasteiger partial charge in [-0.25, -0.2) is 4.79 Å². The van der Waals surface area contributed by atoms with Crippen LogP contribution in [0.3, 0.4) is 0 Å². The fraction of sp³-hybridized carbons (Fsp3) is 0.500. The molecule has 138 valence electrons. The van der Waals surface area contributed by atoms with Gasteiger partial charge in [0.25, 0.3) is 0 Å². The van der Waals surface area contributed by atoms with E-state index in [9.17, 15) is 14.4 Å². The van der Waals surface area contributed by atoms with Crippen molar-refractivity contribution in [1.82, 2.24) is 19.8 Å². The predicted octanol–water partition coefficient (Wildman–Crippen LogP) is 0.0357. The number of piperidine rings is 1. The van der Waals surface area contributed by atoms with Crippen LogP contribution in [0.25, 0.3) is 11.0 Å². The fourth-order valence-corrected chi connectivity index (χ4v) is 4.13. The van der Waals surface area contributed by atoms with Gasteiger partial charge in [-0.1, -0.05) is 0 Å². The van der Waals surface area contributed by atoms with E-state index in [2.05, 4.69) is 15.5 Å². The van der Waals surface area contributed by atoms with Crippen LogP contribution in [0.1, 0.15) is 24.4 Å². The van der Waals surface area contributed by atoms with Gasteiger partial charge in [0.15, 0.2) is 0 Å². The molecule has 2 amide bonds. The molecule has 26 heavy (non-hydrogen) atoms. The zero-order chi connectivity index (χ0) is 18.4. The van der Waals surface area contributed by atoms with E-state index in [1.807, 2.05) is 19.1 Å². The van der Waals surface area contributed by atoms with Crippen molar-refractivity contribution < 1.29 is 9.59 Å². The fourth-order valence-electron chi connectivity index (χ4n) is 4.13. The van der Waals surface area contributed by atoms with E-state index in [4.69, 9.17) is 0 Å². The number of piperazine rings is 1. The van der Waals surface area contributed by atoms with Crippen molar-refractivity contribution in [1.29, 1.82) is 0 Å². The second kappa shape index (κ2) is 6.28. The Morgan fingerprint density at radius 2 is 1.85 bits per heavy atom.